The van der Waals surface area contributed by atoms with Crippen molar-refractivity contribution >= 4 is 17.5 Å². The molecule has 0 aliphatic carbocycles. The van der Waals surface area contributed by atoms with Crippen LogP contribution in [0, 0.1) is 6.92 Å². The fraction of sp³-hybridized carbons (Fsp3) is 0.385. The van der Waals surface area contributed by atoms with Crippen LogP contribution in [0.3, 0.4) is 0 Å². The standard InChI is InChI=1S/C13H17N3O2/c1-9-3-2-4-10(7-9)16-12(17)8-15-11-5-6-14-13(11)18/h2-4,7,11,15H,5-6,8H2,1H3,(H,14,18)(H,16,17). The van der Waals surface area contributed by atoms with Gasteiger partial charge >= 0.3 is 0 Å². The Morgan fingerprint density at radius 3 is 3.00 bits per heavy atom. The minimum atomic E-state index is -0.242. The second-order valence-electron chi connectivity index (χ2n) is 4.43. The van der Waals surface area contributed by atoms with Gasteiger partial charge in [0.2, 0.25) is 11.8 Å². The van der Waals surface area contributed by atoms with Crippen LogP contribution in [0.5, 0.6) is 0 Å². The summed E-state index contributed by atoms with van der Waals surface area (Å²) in [5.41, 5.74) is 1.87. The Bertz CT molecular complexity index is 459. The van der Waals surface area contributed by atoms with Gasteiger partial charge in [0.15, 0.2) is 0 Å². The summed E-state index contributed by atoms with van der Waals surface area (Å²) in [4.78, 5) is 23.0. The molecule has 2 rings (SSSR count). The van der Waals surface area contributed by atoms with Gasteiger partial charge in [0.05, 0.1) is 12.6 Å². The molecule has 0 aromatic heterocycles. The first kappa shape index (κ1) is 12.6. The first-order valence-corrected chi connectivity index (χ1v) is 6.03. The molecule has 0 spiro atoms. The summed E-state index contributed by atoms with van der Waals surface area (Å²) in [5, 5.41) is 8.45. The van der Waals surface area contributed by atoms with Crippen LogP contribution in [0.4, 0.5) is 5.69 Å². The van der Waals surface area contributed by atoms with Crippen LogP contribution < -0.4 is 16.0 Å². The number of aryl methyl sites for hydroxylation is 1. The van der Waals surface area contributed by atoms with Crippen molar-refractivity contribution in [3.63, 3.8) is 0 Å². The lowest BCUT2D eigenvalue weighted by Crippen LogP contribution is -2.40. The molecule has 1 unspecified atom stereocenters. The second kappa shape index (κ2) is 5.64. The van der Waals surface area contributed by atoms with E-state index in [0.29, 0.717) is 6.54 Å². The Kier molecular flexibility index (Phi) is 3.94. The van der Waals surface area contributed by atoms with Gasteiger partial charge in [0.1, 0.15) is 0 Å². The Morgan fingerprint density at radius 2 is 2.33 bits per heavy atom. The van der Waals surface area contributed by atoms with E-state index in [-0.39, 0.29) is 24.4 Å². The maximum absolute atomic E-state index is 11.7. The number of nitrogens with one attached hydrogen (secondary N) is 3. The van der Waals surface area contributed by atoms with Crippen molar-refractivity contribution in [3.8, 4) is 0 Å². The number of carbonyl (C=O) groups excluding carboxylic acids is 2. The number of anilines is 1. The van der Waals surface area contributed by atoms with Gasteiger partial charge in [-0.3, -0.25) is 14.9 Å². The van der Waals surface area contributed by atoms with Crippen molar-refractivity contribution < 1.29 is 9.59 Å². The van der Waals surface area contributed by atoms with Crippen LogP contribution in [0.2, 0.25) is 0 Å². The molecule has 1 aliphatic rings. The summed E-state index contributed by atoms with van der Waals surface area (Å²) >= 11 is 0. The first-order chi connectivity index (χ1) is 8.65. The summed E-state index contributed by atoms with van der Waals surface area (Å²) in [5.74, 6) is -0.168. The average molecular weight is 247 g/mol. The maximum Gasteiger partial charge on any atom is 0.238 e. The Labute approximate surface area is 106 Å². The first-order valence-electron chi connectivity index (χ1n) is 6.03. The Morgan fingerprint density at radius 1 is 1.50 bits per heavy atom. The van der Waals surface area contributed by atoms with E-state index in [2.05, 4.69) is 16.0 Å². The van der Waals surface area contributed by atoms with E-state index < -0.39 is 0 Å². The summed E-state index contributed by atoms with van der Waals surface area (Å²) in [6.45, 7) is 2.79. The fourth-order valence-electron chi connectivity index (χ4n) is 1.93. The molecule has 0 radical (unpaired) electrons. The largest absolute Gasteiger partial charge is 0.355 e. The van der Waals surface area contributed by atoms with Gasteiger partial charge in [-0.1, -0.05) is 12.1 Å². The smallest absolute Gasteiger partial charge is 0.238 e. The summed E-state index contributed by atoms with van der Waals surface area (Å²) in [7, 11) is 0. The monoisotopic (exact) mass is 247 g/mol. The summed E-state index contributed by atoms with van der Waals surface area (Å²) in [6, 6.07) is 7.36. The van der Waals surface area contributed by atoms with E-state index >= 15 is 0 Å². The predicted octanol–water partition coefficient (Wildman–Crippen LogP) is 0.412. The van der Waals surface area contributed by atoms with Gasteiger partial charge in [-0.25, -0.2) is 0 Å². The molecular weight excluding hydrogens is 230 g/mol. The van der Waals surface area contributed by atoms with Crippen molar-refractivity contribution in [3.05, 3.63) is 29.8 Å². The summed E-state index contributed by atoms with van der Waals surface area (Å²) < 4.78 is 0. The third-order valence-electron chi connectivity index (χ3n) is 2.86. The van der Waals surface area contributed by atoms with Gasteiger partial charge in [-0.15, -0.1) is 0 Å². The lowest BCUT2D eigenvalue weighted by atomic mass is 10.2. The van der Waals surface area contributed by atoms with Crippen LogP contribution in [0.25, 0.3) is 0 Å². The number of carbonyl (C=O) groups is 2. The molecule has 0 saturated carbocycles. The molecule has 5 nitrogen and oxygen atoms in total. The van der Waals surface area contributed by atoms with Crippen LogP contribution in [-0.4, -0.2) is 30.9 Å². The van der Waals surface area contributed by atoms with Gasteiger partial charge in [0, 0.05) is 12.2 Å². The van der Waals surface area contributed by atoms with Crippen LogP contribution in [0.1, 0.15) is 12.0 Å². The van der Waals surface area contributed by atoms with E-state index in [1.165, 1.54) is 0 Å². The van der Waals surface area contributed by atoms with E-state index in [4.69, 9.17) is 0 Å². The molecule has 1 aromatic carbocycles. The average Bonchev–Trinajstić information content (AvgIpc) is 2.72. The highest BCUT2D eigenvalue weighted by Gasteiger charge is 2.23. The zero-order valence-electron chi connectivity index (χ0n) is 10.3. The number of hydrogen-bond acceptors (Lipinski definition) is 3. The third kappa shape index (κ3) is 3.30. The highest BCUT2D eigenvalue weighted by Crippen LogP contribution is 2.09. The third-order valence-corrected chi connectivity index (χ3v) is 2.86. The van der Waals surface area contributed by atoms with E-state index in [0.717, 1.165) is 17.7 Å². The Hall–Kier alpha value is -1.88. The highest BCUT2D eigenvalue weighted by atomic mass is 16.2. The quantitative estimate of drug-likeness (QED) is 0.722. The van der Waals surface area contributed by atoms with Gasteiger partial charge in [-0.05, 0) is 31.0 Å². The Balaban J connectivity index is 1.80. The molecule has 2 amide bonds. The lowest BCUT2D eigenvalue weighted by molar-refractivity contribution is -0.121. The molecule has 1 aliphatic heterocycles. The zero-order chi connectivity index (χ0) is 13.0. The molecule has 5 heteroatoms. The molecule has 1 heterocycles. The minimum absolute atomic E-state index is 0.0293. The van der Waals surface area contributed by atoms with Crippen molar-refractivity contribution in [2.75, 3.05) is 18.4 Å². The maximum atomic E-state index is 11.7. The number of benzene rings is 1. The van der Waals surface area contributed by atoms with Crippen LogP contribution in [0.15, 0.2) is 24.3 Å². The molecule has 1 saturated heterocycles. The van der Waals surface area contributed by atoms with Crippen LogP contribution in [-0.2, 0) is 9.59 Å². The van der Waals surface area contributed by atoms with Crippen LogP contribution >= 0.6 is 0 Å². The fourth-order valence-corrected chi connectivity index (χ4v) is 1.93. The zero-order valence-corrected chi connectivity index (χ0v) is 10.3. The topological polar surface area (TPSA) is 70.2 Å². The van der Waals surface area contributed by atoms with Gasteiger partial charge < -0.3 is 10.6 Å². The molecular formula is C13H17N3O2. The van der Waals surface area contributed by atoms with Crippen molar-refractivity contribution in [2.24, 2.45) is 0 Å². The molecule has 1 fully saturated rings. The number of amides is 2. The van der Waals surface area contributed by atoms with Crippen molar-refractivity contribution in [1.29, 1.82) is 0 Å². The van der Waals surface area contributed by atoms with Gasteiger partial charge in [0.25, 0.3) is 0 Å². The lowest BCUT2D eigenvalue weighted by Gasteiger charge is -2.10. The SMILES string of the molecule is Cc1cccc(NC(=O)CNC2CCNC2=O)c1. The summed E-state index contributed by atoms with van der Waals surface area (Å²) in [6.07, 6.45) is 0.733. The van der Waals surface area contributed by atoms with Crippen molar-refractivity contribution in [2.45, 2.75) is 19.4 Å². The number of hydrogen-bond donors (Lipinski definition) is 3. The van der Waals surface area contributed by atoms with Gasteiger partial charge in [-0.2, -0.15) is 0 Å². The minimum Gasteiger partial charge on any atom is -0.355 e. The molecule has 0 bridgehead atoms. The molecule has 96 valence electrons. The molecule has 1 atom stereocenters. The predicted molar refractivity (Wildman–Crippen MR) is 69.2 cm³/mol. The highest BCUT2D eigenvalue weighted by molar-refractivity contribution is 5.93. The number of rotatable bonds is 4. The van der Waals surface area contributed by atoms with E-state index in [1.807, 2.05) is 31.2 Å². The normalized spacial score (nSPS) is 18.5. The second-order valence-corrected chi connectivity index (χ2v) is 4.43. The molecule has 3 N–H and O–H groups in total. The van der Waals surface area contributed by atoms with Crippen molar-refractivity contribution in [1.82, 2.24) is 10.6 Å². The van der Waals surface area contributed by atoms with E-state index in [1.54, 1.807) is 0 Å². The van der Waals surface area contributed by atoms with E-state index in [9.17, 15) is 9.59 Å². The molecule has 18 heavy (non-hydrogen) atoms. The molecule has 1 aromatic rings.